The second kappa shape index (κ2) is 9.57. The van der Waals surface area contributed by atoms with E-state index in [1.54, 1.807) is 0 Å². The molecule has 0 aliphatic heterocycles. The lowest BCUT2D eigenvalue weighted by Crippen LogP contribution is -2.12. The summed E-state index contributed by atoms with van der Waals surface area (Å²) in [5, 5.41) is 25.2. The molecule has 5 heteroatoms. The first-order chi connectivity index (χ1) is 19.7. The van der Waals surface area contributed by atoms with Gasteiger partial charge in [-0.25, -0.2) is 0 Å². The molecule has 7 aromatic rings. The maximum absolute atomic E-state index is 9.56. The smallest absolute Gasteiger partial charge is 0.0991 e. The highest BCUT2D eigenvalue weighted by molar-refractivity contribution is 6.53. The lowest BCUT2D eigenvalue weighted by atomic mass is 10.1. The summed E-state index contributed by atoms with van der Waals surface area (Å²) in [6.07, 6.45) is 1.25. The summed E-state index contributed by atoms with van der Waals surface area (Å²) < 4.78 is 4.60. The van der Waals surface area contributed by atoms with E-state index in [1.165, 1.54) is 39.5 Å². The van der Waals surface area contributed by atoms with E-state index in [0.29, 0.717) is 11.1 Å². The van der Waals surface area contributed by atoms with Gasteiger partial charge in [0.2, 0.25) is 0 Å². The average molecular weight is 531 g/mol. The molecule has 2 aromatic heterocycles. The second-order valence-electron chi connectivity index (χ2n) is 10.4. The Morgan fingerprint density at radius 3 is 1.73 bits per heavy atom. The first-order valence-electron chi connectivity index (χ1n) is 13.7. The van der Waals surface area contributed by atoms with Crippen LogP contribution in [-0.4, -0.2) is 18.7 Å². The Kier molecular flexibility index (Phi) is 5.74. The maximum Gasteiger partial charge on any atom is 0.0991 e. The minimum Gasteiger partial charge on any atom is -0.309 e. The van der Waals surface area contributed by atoms with Crippen molar-refractivity contribution in [3.05, 3.63) is 114 Å². The third-order valence-corrected chi connectivity index (χ3v) is 10.0. The van der Waals surface area contributed by atoms with Crippen LogP contribution < -0.4 is 5.19 Å². The van der Waals surface area contributed by atoms with Crippen molar-refractivity contribution in [2.24, 2.45) is 0 Å². The number of para-hydroxylation sites is 1. The molecule has 7 rings (SSSR count). The highest BCUT2D eigenvalue weighted by atomic mass is 28.2. The van der Waals surface area contributed by atoms with Crippen molar-refractivity contribution >= 4 is 58.3 Å². The first-order valence-corrected chi connectivity index (χ1v) is 15.4. The molecular formula is C35H26N4Si. The topological polar surface area (TPSA) is 57.4 Å². The molecule has 0 N–H and O–H groups in total. The molecular weight excluding hydrogens is 504 g/mol. The van der Waals surface area contributed by atoms with Crippen LogP contribution in [-0.2, 0) is 0 Å². The van der Waals surface area contributed by atoms with Crippen LogP contribution in [0.3, 0.4) is 0 Å². The Bertz CT molecular complexity index is 2110. The minimum absolute atomic E-state index is 0.258. The lowest BCUT2D eigenvalue weighted by Gasteiger charge is -2.13. The van der Waals surface area contributed by atoms with Crippen molar-refractivity contribution in [2.75, 3.05) is 0 Å². The van der Waals surface area contributed by atoms with Gasteiger partial charge < -0.3 is 9.13 Å². The summed E-state index contributed by atoms with van der Waals surface area (Å²) in [6.45, 7) is 2.27. The molecule has 40 heavy (non-hydrogen) atoms. The number of nitriles is 2. The molecule has 0 saturated carbocycles. The molecule has 0 atom stereocenters. The zero-order chi connectivity index (χ0) is 27.2. The van der Waals surface area contributed by atoms with Crippen LogP contribution in [0.1, 0.15) is 24.5 Å². The van der Waals surface area contributed by atoms with Crippen molar-refractivity contribution in [1.82, 2.24) is 9.13 Å². The molecule has 0 fully saturated rings. The summed E-state index contributed by atoms with van der Waals surface area (Å²) in [5.74, 6) is 0. The van der Waals surface area contributed by atoms with Crippen molar-refractivity contribution in [3.63, 3.8) is 0 Å². The quantitative estimate of drug-likeness (QED) is 0.220. The normalized spacial score (nSPS) is 11.7. The van der Waals surface area contributed by atoms with Crippen molar-refractivity contribution in [2.45, 2.75) is 19.4 Å². The van der Waals surface area contributed by atoms with E-state index in [9.17, 15) is 10.5 Å². The molecule has 0 radical (unpaired) electrons. The molecule has 0 unspecified atom stereocenters. The summed E-state index contributed by atoms with van der Waals surface area (Å²) in [4.78, 5) is 0. The van der Waals surface area contributed by atoms with Crippen molar-refractivity contribution in [1.29, 1.82) is 10.5 Å². The Balaban J connectivity index is 1.48. The molecule has 0 spiro atoms. The molecule has 0 aliphatic rings. The largest absolute Gasteiger partial charge is 0.309 e. The van der Waals surface area contributed by atoms with Gasteiger partial charge in [-0.1, -0.05) is 61.0 Å². The van der Waals surface area contributed by atoms with Gasteiger partial charge in [0.25, 0.3) is 0 Å². The van der Waals surface area contributed by atoms with Crippen molar-refractivity contribution in [3.8, 4) is 23.5 Å². The van der Waals surface area contributed by atoms with Crippen LogP contribution in [0, 0.1) is 22.7 Å². The Morgan fingerprint density at radius 2 is 1.12 bits per heavy atom. The summed E-state index contributed by atoms with van der Waals surface area (Å²) in [6, 6.07) is 41.8. The molecule has 5 aromatic carbocycles. The van der Waals surface area contributed by atoms with Crippen LogP contribution in [0.4, 0.5) is 0 Å². The van der Waals surface area contributed by atoms with Gasteiger partial charge in [-0.3, -0.25) is 0 Å². The molecule has 0 saturated heterocycles. The van der Waals surface area contributed by atoms with Crippen LogP contribution in [0.15, 0.2) is 103 Å². The van der Waals surface area contributed by atoms with Gasteiger partial charge in [0.05, 0.1) is 54.9 Å². The number of rotatable bonds is 5. The van der Waals surface area contributed by atoms with E-state index in [2.05, 4.69) is 94.9 Å². The van der Waals surface area contributed by atoms with E-state index >= 15 is 0 Å². The number of benzene rings is 5. The van der Waals surface area contributed by atoms with Gasteiger partial charge in [-0.15, -0.1) is 0 Å². The third kappa shape index (κ3) is 3.72. The Labute approximate surface area is 234 Å². The highest BCUT2D eigenvalue weighted by Crippen LogP contribution is 2.36. The van der Waals surface area contributed by atoms with Crippen LogP contribution in [0.2, 0.25) is 6.04 Å². The number of hydrogen-bond acceptors (Lipinski definition) is 2. The van der Waals surface area contributed by atoms with Gasteiger partial charge in [0.1, 0.15) is 0 Å². The molecule has 0 aliphatic carbocycles. The van der Waals surface area contributed by atoms with Crippen LogP contribution in [0.25, 0.3) is 55.0 Å². The van der Waals surface area contributed by atoms with Gasteiger partial charge in [0, 0.05) is 32.9 Å². The van der Waals surface area contributed by atoms with Gasteiger partial charge >= 0.3 is 0 Å². The fraction of sp³-hybridized carbons (Fsp3) is 0.0857. The van der Waals surface area contributed by atoms with E-state index in [-0.39, 0.29) is 9.52 Å². The van der Waals surface area contributed by atoms with Crippen LogP contribution >= 0.6 is 0 Å². The van der Waals surface area contributed by atoms with Crippen LogP contribution in [0.5, 0.6) is 0 Å². The van der Waals surface area contributed by atoms with Gasteiger partial charge in [-0.05, 0) is 66.7 Å². The number of hydrogen-bond donors (Lipinski definition) is 0. The Morgan fingerprint density at radius 1 is 0.575 bits per heavy atom. The monoisotopic (exact) mass is 530 g/mol. The fourth-order valence-corrected chi connectivity index (χ4v) is 7.44. The number of nitrogens with zero attached hydrogens (tertiary/aromatic N) is 4. The first kappa shape index (κ1) is 24.0. The summed E-state index contributed by atoms with van der Waals surface area (Å²) in [7, 11) is -0.258. The lowest BCUT2D eigenvalue weighted by molar-refractivity contribution is 1.08. The number of aromatic nitrogens is 2. The van der Waals surface area contributed by atoms with E-state index < -0.39 is 0 Å². The fourth-order valence-electron chi connectivity index (χ4n) is 6.05. The summed E-state index contributed by atoms with van der Waals surface area (Å²) in [5.41, 5.74) is 7.77. The van der Waals surface area contributed by atoms with E-state index in [1.807, 2.05) is 36.4 Å². The highest BCUT2D eigenvalue weighted by Gasteiger charge is 2.16. The Hall–Kier alpha value is -5.10. The molecule has 190 valence electrons. The predicted octanol–water partition coefficient (Wildman–Crippen LogP) is 7.25. The predicted molar refractivity (Wildman–Crippen MR) is 168 cm³/mol. The maximum atomic E-state index is 9.56. The summed E-state index contributed by atoms with van der Waals surface area (Å²) >= 11 is 0. The number of fused-ring (bicyclic) bond motifs is 6. The van der Waals surface area contributed by atoms with E-state index in [4.69, 9.17) is 0 Å². The zero-order valence-electron chi connectivity index (χ0n) is 22.2. The third-order valence-electron chi connectivity index (χ3n) is 7.93. The van der Waals surface area contributed by atoms with Gasteiger partial charge in [0.15, 0.2) is 0 Å². The van der Waals surface area contributed by atoms with E-state index in [0.717, 1.165) is 33.2 Å². The molecule has 0 amide bonds. The molecule has 2 heterocycles. The average Bonchev–Trinajstić information content (AvgIpc) is 3.51. The minimum atomic E-state index is -0.258. The molecule has 0 bridgehead atoms. The standard InChI is InChI=1S/C35H26N4Si/c1-2-16-40-27-12-15-35-31(20-27)28-8-3-4-9-32(28)38(35)25-6-5-7-26(19-25)39-33-13-10-23(21-36)17-29(33)30-18-24(22-37)11-14-34(30)39/h3-15,17-20H,2,16,40H2,1H3. The second-order valence-corrected chi connectivity index (χ2v) is 12.4. The van der Waals surface area contributed by atoms with Gasteiger partial charge in [-0.2, -0.15) is 10.5 Å². The SMILES string of the molecule is CCC[SiH2]c1ccc2c(c1)c1ccccc1n2-c1cccc(-n2c3ccc(C#N)cc3c3cc(C#N)ccc32)c1. The zero-order valence-corrected chi connectivity index (χ0v) is 23.6. The molecule has 4 nitrogen and oxygen atoms in total. The van der Waals surface area contributed by atoms with Crippen molar-refractivity contribution < 1.29 is 0 Å².